The van der Waals surface area contributed by atoms with Crippen LogP contribution in [0, 0.1) is 4.77 Å². The van der Waals surface area contributed by atoms with Gasteiger partial charge in [-0.1, -0.05) is 44.2 Å². The fourth-order valence-corrected chi connectivity index (χ4v) is 2.84. The molecular weight excluding hydrogens is 242 g/mol. The van der Waals surface area contributed by atoms with E-state index in [-0.39, 0.29) is 0 Å². The molecule has 0 radical (unpaired) electrons. The smallest absolute Gasteiger partial charge is 0.195 e. The second-order valence-electron chi connectivity index (χ2n) is 5.23. The van der Waals surface area contributed by atoms with Gasteiger partial charge in [-0.25, -0.2) is 0 Å². The van der Waals surface area contributed by atoms with Crippen molar-refractivity contribution in [3.8, 4) is 0 Å². The van der Waals surface area contributed by atoms with E-state index in [0.717, 1.165) is 17.0 Å². The lowest BCUT2D eigenvalue weighted by Gasteiger charge is -2.08. The maximum Gasteiger partial charge on any atom is 0.195 e. The molecule has 1 aromatic carbocycles. The summed E-state index contributed by atoms with van der Waals surface area (Å²) in [6, 6.07) is 11.1. The Kier molecular flexibility index (Phi) is 2.82. The molecule has 1 saturated carbocycles. The molecule has 2 unspecified atom stereocenters. The lowest BCUT2D eigenvalue weighted by atomic mass is 10.1. The van der Waals surface area contributed by atoms with Crippen molar-refractivity contribution >= 4 is 12.2 Å². The summed E-state index contributed by atoms with van der Waals surface area (Å²) in [4.78, 5) is 0. The first-order valence-corrected chi connectivity index (χ1v) is 6.81. The first kappa shape index (κ1) is 11.7. The van der Waals surface area contributed by atoms with E-state index in [9.17, 15) is 0 Å². The van der Waals surface area contributed by atoms with Gasteiger partial charge in [-0.3, -0.25) is 5.10 Å². The minimum Gasteiger partial charge on any atom is -0.300 e. The van der Waals surface area contributed by atoms with Crippen molar-refractivity contribution in [2.75, 3.05) is 0 Å². The van der Waals surface area contributed by atoms with Crippen molar-refractivity contribution in [1.82, 2.24) is 14.8 Å². The van der Waals surface area contributed by atoms with Gasteiger partial charge in [0.15, 0.2) is 4.77 Å². The van der Waals surface area contributed by atoms with Gasteiger partial charge in [0.2, 0.25) is 0 Å². The van der Waals surface area contributed by atoms with Crippen molar-refractivity contribution in [2.24, 2.45) is 0 Å². The number of aromatic nitrogens is 3. The number of aromatic amines is 1. The van der Waals surface area contributed by atoms with Crippen LogP contribution in [-0.2, 0) is 0 Å². The van der Waals surface area contributed by atoms with Crippen LogP contribution in [0.3, 0.4) is 0 Å². The number of hydrogen-bond donors (Lipinski definition) is 1. The van der Waals surface area contributed by atoms with Gasteiger partial charge < -0.3 is 4.57 Å². The van der Waals surface area contributed by atoms with Gasteiger partial charge >= 0.3 is 0 Å². The third-order valence-electron chi connectivity index (χ3n) is 3.56. The summed E-state index contributed by atoms with van der Waals surface area (Å²) in [7, 11) is 0. The standard InChI is InChI=1S/C14H17N3S/c1-9(2)13-15-16-14(18)17(13)12-8-11(12)10-6-4-3-5-7-10/h3-7,9,11-12H,8H2,1-2H3,(H,16,18). The van der Waals surface area contributed by atoms with E-state index in [2.05, 4.69) is 58.9 Å². The first-order chi connectivity index (χ1) is 8.68. The monoisotopic (exact) mass is 259 g/mol. The fourth-order valence-electron chi connectivity index (χ4n) is 2.57. The minimum absolute atomic E-state index is 0.398. The third kappa shape index (κ3) is 1.90. The van der Waals surface area contributed by atoms with Gasteiger partial charge in [0.25, 0.3) is 0 Å². The highest BCUT2D eigenvalue weighted by molar-refractivity contribution is 7.71. The van der Waals surface area contributed by atoms with E-state index in [1.54, 1.807) is 0 Å². The average Bonchev–Trinajstić information content (AvgIpc) is 3.06. The Labute approximate surface area is 112 Å². The molecule has 94 valence electrons. The predicted octanol–water partition coefficient (Wildman–Crippen LogP) is 3.79. The number of rotatable bonds is 3. The molecule has 2 aromatic rings. The molecule has 18 heavy (non-hydrogen) atoms. The maximum absolute atomic E-state index is 5.36. The normalized spacial score (nSPS) is 22.4. The van der Waals surface area contributed by atoms with Crippen LogP contribution in [0.5, 0.6) is 0 Å². The van der Waals surface area contributed by atoms with Gasteiger partial charge in [-0.2, -0.15) is 5.10 Å². The molecule has 1 aliphatic carbocycles. The van der Waals surface area contributed by atoms with Gasteiger partial charge in [0.1, 0.15) is 5.82 Å². The molecule has 1 fully saturated rings. The van der Waals surface area contributed by atoms with E-state index < -0.39 is 0 Å². The van der Waals surface area contributed by atoms with E-state index in [1.165, 1.54) is 5.56 Å². The molecule has 1 aliphatic rings. The number of nitrogens with one attached hydrogen (secondary N) is 1. The zero-order valence-electron chi connectivity index (χ0n) is 10.6. The Balaban J connectivity index is 1.91. The van der Waals surface area contributed by atoms with E-state index >= 15 is 0 Å². The van der Waals surface area contributed by atoms with Crippen molar-refractivity contribution in [3.05, 3.63) is 46.5 Å². The van der Waals surface area contributed by atoms with E-state index in [1.807, 2.05) is 0 Å². The van der Waals surface area contributed by atoms with Crippen LogP contribution in [0.25, 0.3) is 0 Å². The Bertz CT molecular complexity index is 597. The van der Waals surface area contributed by atoms with Crippen LogP contribution < -0.4 is 0 Å². The molecule has 1 N–H and O–H groups in total. The zero-order chi connectivity index (χ0) is 12.7. The summed E-state index contributed by atoms with van der Waals surface area (Å²) >= 11 is 5.36. The number of benzene rings is 1. The van der Waals surface area contributed by atoms with Crippen LogP contribution in [0.1, 0.15) is 49.5 Å². The molecule has 0 aliphatic heterocycles. The number of nitrogens with zero attached hydrogens (tertiary/aromatic N) is 2. The summed E-state index contributed by atoms with van der Waals surface area (Å²) < 4.78 is 2.96. The summed E-state index contributed by atoms with van der Waals surface area (Å²) in [6.07, 6.45) is 1.16. The van der Waals surface area contributed by atoms with Crippen molar-refractivity contribution in [1.29, 1.82) is 0 Å². The highest BCUT2D eigenvalue weighted by Gasteiger charge is 2.41. The summed E-state index contributed by atoms with van der Waals surface area (Å²) in [5.74, 6) is 2.06. The van der Waals surface area contributed by atoms with Crippen LogP contribution >= 0.6 is 12.2 Å². The second kappa shape index (κ2) is 4.35. The van der Waals surface area contributed by atoms with Crippen molar-refractivity contribution in [3.63, 3.8) is 0 Å². The molecule has 1 aromatic heterocycles. The molecule has 1 heterocycles. The first-order valence-electron chi connectivity index (χ1n) is 6.40. The Morgan fingerprint density at radius 1 is 1.33 bits per heavy atom. The van der Waals surface area contributed by atoms with Gasteiger partial charge in [-0.05, 0) is 24.2 Å². The maximum atomic E-state index is 5.36. The SMILES string of the molecule is CC(C)c1n[nH]c(=S)n1C1CC1c1ccccc1. The van der Waals surface area contributed by atoms with E-state index in [4.69, 9.17) is 12.2 Å². The topological polar surface area (TPSA) is 33.6 Å². The van der Waals surface area contributed by atoms with Crippen LogP contribution in [-0.4, -0.2) is 14.8 Å². The molecule has 0 bridgehead atoms. The summed E-state index contributed by atoms with van der Waals surface area (Å²) in [5.41, 5.74) is 1.40. The molecule has 3 rings (SSSR count). The average molecular weight is 259 g/mol. The van der Waals surface area contributed by atoms with Crippen molar-refractivity contribution < 1.29 is 0 Å². The van der Waals surface area contributed by atoms with Crippen LogP contribution in [0.4, 0.5) is 0 Å². The molecule has 4 heteroatoms. The van der Waals surface area contributed by atoms with Crippen LogP contribution in [0.15, 0.2) is 30.3 Å². The van der Waals surface area contributed by atoms with Crippen molar-refractivity contribution in [2.45, 2.75) is 38.1 Å². The second-order valence-corrected chi connectivity index (χ2v) is 5.62. The minimum atomic E-state index is 0.398. The highest BCUT2D eigenvalue weighted by Crippen LogP contribution is 2.52. The van der Waals surface area contributed by atoms with Gasteiger partial charge in [0.05, 0.1) is 0 Å². The Hall–Kier alpha value is -1.42. The Morgan fingerprint density at radius 3 is 2.72 bits per heavy atom. The molecule has 0 amide bonds. The van der Waals surface area contributed by atoms with Crippen LogP contribution in [0.2, 0.25) is 0 Å². The van der Waals surface area contributed by atoms with E-state index in [0.29, 0.717) is 17.9 Å². The lowest BCUT2D eigenvalue weighted by Crippen LogP contribution is -2.04. The zero-order valence-corrected chi connectivity index (χ0v) is 11.4. The van der Waals surface area contributed by atoms with Gasteiger partial charge in [-0.15, -0.1) is 0 Å². The number of hydrogen-bond acceptors (Lipinski definition) is 2. The molecule has 2 atom stereocenters. The largest absolute Gasteiger partial charge is 0.300 e. The molecule has 0 spiro atoms. The third-order valence-corrected chi connectivity index (χ3v) is 3.85. The molecule has 3 nitrogen and oxygen atoms in total. The Morgan fingerprint density at radius 2 is 2.06 bits per heavy atom. The fraction of sp³-hybridized carbons (Fsp3) is 0.429. The quantitative estimate of drug-likeness (QED) is 0.851. The molecule has 0 saturated heterocycles. The highest BCUT2D eigenvalue weighted by atomic mass is 32.1. The summed E-state index contributed by atoms with van der Waals surface area (Å²) in [6.45, 7) is 4.31. The lowest BCUT2D eigenvalue weighted by molar-refractivity contribution is 0.622. The van der Waals surface area contributed by atoms with Gasteiger partial charge in [0, 0.05) is 17.9 Å². The predicted molar refractivity (Wildman–Crippen MR) is 74.3 cm³/mol. The summed E-state index contributed by atoms with van der Waals surface area (Å²) in [5, 5.41) is 7.28. The number of H-pyrrole nitrogens is 1. The molecular formula is C14H17N3S.